The maximum atomic E-state index is 12.7. The largest absolute Gasteiger partial charge is 0.465 e. The molecule has 0 unspecified atom stereocenters. The van der Waals surface area contributed by atoms with Crippen molar-refractivity contribution in [2.75, 3.05) is 7.11 Å². The minimum atomic E-state index is -0.390. The van der Waals surface area contributed by atoms with Gasteiger partial charge in [0.1, 0.15) is 5.82 Å². The molecular formula is C24H26ClN3O2. The molecule has 0 atom stereocenters. The first-order valence-electron chi connectivity index (χ1n) is 10.0. The van der Waals surface area contributed by atoms with E-state index in [4.69, 9.17) is 16.3 Å². The summed E-state index contributed by atoms with van der Waals surface area (Å²) >= 11 is 6.43. The average molecular weight is 424 g/mol. The van der Waals surface area contributed by atoms with Crippen LogP contribution in [0.15, 0.2) is 55.0 Å². The predicted molar refractivity (Wildman–Crippen MR) is 120 cm³/mol. The maximum absolute atomic E-state index is 12.7. The number of unbranched alkanes of at least 4 members (excludes halogenated alkanes) is 1. The van der Waals surface area contributed by atoms with Gasteiger partial charge in [0.2, 0.25) is 0 Å². The SMILES string of the molecule is CCCCc1ncc(/C(C)=C(/C(=O)OC)c2ccncc2)n1Cc1ccccc1Cl. The van der Waals surface area contributed by atoms with Gasteiger partial charge in [0.25, 0.3) is 0 Å². The van der Waals surface area contributed by atoms with E-state index in [1.807, 2.05) is 49.5 Å². The van der Waals surface area contributed by atoms with Gasteiger partial charge in [0.15, 0.2) is 0 Å². The van der Waals surface area contributed by atoms with Crippen LogP contribution in [0.5, 0.6) is 0 Å². The Hall–Kier alpha value is -2.92. The van der Waals surface area contributed by atoms with Gasteiger partial charge in [-0.3, -0.25) is 4.98 Å². The van der Waals surface area contributed by atoms with E-state index in [1.54, 1.807) is 12.4 Å². The smallest absolute Gasteiger partial charge is 0.338 e. The van der Waals surface area contributed by atoms with Crippen molar-refractivity contribution in [1.29, 1.82) is 0 Å². The molecule has 0 aliphatic rings. The number of hydrogen-bond acceptors (Lipinski definition) is 4. The van der Waals surface area contributed by atoms with Crippen LogP contribution in [0.25, 0.3) is 11.1 Å². The van der Waals surface area contributed by atoms with Crippen molar-refractivity contribution in [2.45, 2.75) is 39.7 Å². The standard InChI is InChI=1S/C24H26ClN3O2/c1-4-5-10-22-27-15-21(28(22)16-19-8-6-7-9-20(19)25)17(2)23(24(29)30-3)18-11-13-26-14-12-18/h6-9,11-15H,4-5,10,16H2,1-3H3/b23-17+. The number of hydrogen-bond donors (Lipinski definition) is 0. The second-order valence-corrected chi connectivity index (χ2v) is 7.48. The van der Waals surface area contributed by atoms with E-state index in [2.05, 4.69) is 21.5 Å². The lowest BCUT2D eigenvalue weighted by Crippen LogP contribution is -2.11. The van der Waals surface area contributed by atoms with Gasteiger partial charge in [0.05, 0.1) is 31.1 Å². The molecule has 0 spiro atoms. The summed E-state index contributed by atoms with van der Waals surface area (Å²) in [5, 5.41) is 0.711. The fourth-order valence-electron chi connectivity index (χ4n) is 3.46. The summed E-state index contributed by atoms with van der Waals surface area (Å²) in [6.07, 6.45) is 8.14. The Morgan fingerprint density at radius 1 is 1.17 bits per heavy atom. The van der Waals surface area contributed by atoms with Crippen LogP contribution in [0.2, 0.25) is 5.02 Å². The molecule has 2 heterocycles. The van der Waals surface area contributed by atoms with Crippen LogP contribution in [0.3, 0.4) is 0 Å². The number of pyridine rings is 1. The molecule has 0 aliphatic heterocycles. The van der Waals surface area contributed by atoms with Crippen molar-refractivity contribution in [3.05, 3.63) is 82.7 Å². The van der Waals surface area contributed by atoms with Crippen LogP contribution < -0.4 is 0 Å². The normalized spacial score (nSPS) is 11.9. The lowest BCUT2D eigenvalue weighted by atomic mass is 9.99. The zero-order valence-corrected chi connectivity index (χ0v) is 18.3. The Morgan fingerprint density at radius 2 is 1.90 bits per heavy atom. The summed E-state index contributed by atoms with van der Waals surface area (Å²) in [5.41, 5.74) is 3.94. The zero-order valence-electron chi connectivity index (χ0n) is 17.6. The number of esters is 1. The molecule has 0 bridgehead atoms. The van der Waals surface area contributed by atoms with Crippen molar-refractivity contribution in [3.8, 4) is 0 Å². The van der Waals surface area contributed by atoms with Crippen molar-refractivity contribution < 1.29 is 9.53 Å². The number of ether oxygens (including phenoxy) is 1. The van der Waals surface area contributed by atoms with Crippen LogP contribution in [-0.2, 0) is 22.5 Å². The molecule has 0 aliphatic carbocycles. The molecule has 0 amide bonds. The topological polar surface area (TPSA) is 57.0 Å². The van der Waals surface area contributed by atoms with Gasteiger partial charge in [-0.15, -0.1) is 0 Å². The molecular weight excluding hydrogens is 398 g/mol. The summed E-state index contributed by atoms with van der Waals surface area (Å²) in [6, 6.07) is 11.4. The highest BCUT2D eigenvalue weighted by Crippen LogP contribution is 2.29. The highest BCUT2D eigenvalue weighted by molar-refractivity contribution is 6.31. The lowest BCUT2D eigenvalue weighted by molar-refractivity contribution is -0.133. The lowest BCUT2D eigenvalue weighted by Gasteiger charge is -2.16. The van der Waals surface area contributed by atoms with E-state index in [0.29, 0.717) is 17.1 Å². The molecule has 3 rings (SSSR count). The van der Waals surface area contributed by atoms with Crippen LogP contribution >= 0.6 is 11.6 Å². The number of aromatic nitrogens is 3. The van der Waals surface area contributed by atoms with Gasteiger partial charge >= 0.3 is 5.97 Å². The third-order valence-electron chi connectivity index (χ3n) is 5.10. The number of aryl methyl sites for hydroxylation is 1. The summed E-state index contributed by atoms with van der Waals surface area (Å²) in [7, 11) is 1.39. The Morgan fingerprint density at radius 3 is 2.57 bits per heavy atom. The van der Waals surface area contributed by atoms with Crippen LogP contribution in [0.1, 0.15) is 49.3 Å². The van der Waals surface area contributed by atoms with Crippen molar-refractivity contribution in [3.63, 3.8) is 0 Å². The van der Waals surface area contributed by atoms with E-state index in [0.717, 1.165) is 47.5 Å². The highest BCUT2D eigenvalue weighted by Gasteiger charge is 2.21. The third kappa shape index (κ3) is 4.79. The van der Waals surface area contributed by atoms with Gasteiger partial charge in [-0.1, -0.05) is 43.1 Å². The molecule has 1 aromatic carbocycles. The Balaban J connectivity index is 2.15. The molecule has 0 saturated carbocycles. The molecule has 30 heavy (non-hydrogen) atoms. The van der Waals surface area contributed by atoms with E-state index < -0.39 is 0 Å². The maximum Gasteiger partial charge on any atom is 0.338 e. The number of carbonyl (C=O) groups is 1. The van der Waals surface area contributed by atoms with Gasteiger partial charge in [-0.05, 0) is 48.2 Å². The first-order chi connectivity index (χ1) is 14.6. The van der Waals surface area contributed by atoms with Gasteiger partial charge < -0.3 is 9.30 Å². The zero-order chi connectivity index (χ0) is 21.5. The monoisotopic (exact) mass is 423 g/mol. The van der Waals surface area contributed by atoms with Crippen molar-refractivity contribution in [2.24, 2.45) is 0 Å². The summed E-state index contributed by atoms with van der Waals surface area (Å²) < 4.78 is 7.24. The Kier molecular flexibility index (Phi) is 7.41. The number of methoxy groups -OCH3 is 1. The summed E-state index contributed by atoms with van der Waals surface area (Å²) in [5.74, 6) is 0.587. The average Bonchev–Trinajstić information content (AvgIpc) is 3.17. The van der Waals surface area contributed by atoms with Crippen LogP contribution in [0, 0.1) is 0 Å². The predicted octanol–water partition coefficient (Wildman–Crippen LogP) is 5.43. The second-order valence-electron chi connectivity index (χ2n) is 7.07. The van der Waals surface area contributed by atoms with Crippen molar-refractivity contribution in [1.82, 2.24) is 14.5 Å². The number of carbonyl (C=O) groups excluding carboxylic acids is 1. The number of halogens is 1. The third-order valence-corrected chi connectivity index (χ3v) is 5.46. The highest BCUT2D eigenvalue weighted by atomic mass is 35.5. The number of benzene rings is 1. The van der Waals surface area contributed by atoms with E-state index in [1.165, 1.54) is 7.11 Å². The molecule has 0 N–H and O–H groups in total. The van der Waals surface area contributed by atoms with Gasteiger partial charge in [-0.2, -0.15) is 0 Å². The number of imidazole rings is 1. The minimum absolute atomic E-state index is 0.390. The molecule has 6 heteroatoms. The van der Waals surface area contributed by atoms with E-state index >= 15 is 0 Å². The van der Waals surface area contributed by atoms with Gasteiger partial charge in [0, 0.05) is 23.8 Å². The quantitative estimate of drug-likeness (QED) is 0.358. The number of rotatable bonds is 8. The van der Waals surface area contributed by atoms with Crippen LogP contribution in [-0.4, -0.2) is 27.6 Å². The fraction of sp³-hybridized carbons (Fsp3) is 0.292. The van der Waals surface area contributed by atoms with Gasteiger partial charge in [-0.25, -0.2) is 9.78 Å². The number of allylic oxidation sites excluding steroid dienone is 1. The fourth-order valence-corrected chi connectivity index (χ4v) is 3.65. The molecule has 156 valence electrons. The molecule has 0 saturated heterocycles. The second kappa shape index (κ2) is 10.2. The van der Waals surface area contributed by atoms with E-state index in [-0.39, 0.29) is 5.97 Å². The Labute approximate surface area is 182 Å². The summed E-state index contributed by atoms with van der Waals surface area (Å²) in [4.78, 5) is 21.4. The first-order valence-corrected chi connectivity index (χ1v) is 10.4. The van der Waals surface area contributed by atoms with E-state index in [9.17, 15) is 4.79 Å². The van der Waals surface area contributed by atoms with Crippen LogP contribution in [0.4, 0.5) is 0 Å². The first kappa shape index (κ1) is 21.8. The molecule has 2 aromatic heterocycles. The molecule has 0 radical (unpaired) electrons. The van der Waals surface area contributed by atoms with Crippen molar-refractivity contribution >= 4 is 28.7 Å². The molecule has 0 fully saturated rings. The number of nitrogens with zero attached hydrogens (tertiary/aromatic N) is 3. The Bertz CT molecular complexity index is 1040. The molecule has 3 aromatic rings. The minimum Gasteiger partial charge on any atom is -0.465 e. The summed E-state index contributed by atoms with van der Waals surface area (Å²) in [6.45, 7) is 4.67. The molecule has 5 nitrogen and oxygen atoms in total.